The molecular formula is C16H24N2O3. The van der Waals surface area contributed by atoms with E-state index >= 15 is 0 Å². The molecule has 0 atom stereocenters. The van der Waals surface area contributed by atoms with Gasteiger partial charge in [-0.05, 0) is 37.8 Å². The minimum absolute atomic E-state index is 0.133. The molecule has 1 saturated carbocycles. The Morgan fingerprint density at radius 3 is 2.38 bits per heavy atom. The first-order chi connectivity index (χ1) is 10.1. The van der Waals surface area contributed by atoms with E-state index in [4.69, 9.17) is 15.2 Å². The number of rotatable bonds is 8. The molecule has 2 rings (SSSR count). The van der Waals surface area contributed by atoms with Gasteiger partial charge in [0.05, 0.1) is 18.8 Å². The second-order valence-corrected chi connectivity index (χ2v) is 5.47. The van der Waals surface area contributed by atoms with E-state index in [0.717, 1.165) is 25.7 Å². The van der Waals surface area contributed by atoms with Gasteiger partial charge >= 0.3 is 0 Å². The molecule has 3 N–H and O–H groups in total. The molecule has 0 radical (unpaired) electrons. The zero-order valence-corrected chi connectivity index (χ0v) is 12.8. The van der Waals surface area contributed by atoms with E-state index in [1.807, 2.05) is 19.1 Å². The average molecular weight is 292 g/mol. The third-order valence-electron chi connectivity index (χ3n) is 3.37. The van der Waals surface area contributed by atoms with Gasteiger partial charge in [0, 0.05) is 11.8 Å². The fourth-order valence-electron chi connectivity index (χ4n) is 1.86. The van der Waals surface area contributed by atoms with Crippen molar-refractivity contribution in [2.75, 3.05) is 18.5 Å². The van der Waals surface area contributed by atoms with Crippen LogP contribution >= 0.6 is 0 Å². The predicted octanol–water partition coefficient (Wildman–Crippen LogP) is 2.69. The van der Waals surface area contributed by atoms with Gasteiger partial charge in [-0.3, -0.25) is 4.79 Å². The first-order valence-corrected chi connectivity index (χ1v) is 7.59. The Labute approximate surface area is 125 Å². The van der Waals surface area contributed by atoms with Crippen LogP contribution in [0.3, 0.4) is 0 Å². The molecule has 1 amide bonds. The van der Waals surface area contributed by atoms with E-state index in [9.17, 15) is 4.79 Å². The SMILES string of the molecule is CCCOc1ccc(NC(=O)C2(N)CC2)cc1OCCC. The number of anilines is 1. The lowest BCUT2D eigenvalue weighted by atomic mass is 10.2. The van der Waals surface area contributed by atoms with Gasteiger partial charge in [0.25, 0.3) is 0 Å². The highest BCUT2D eigenvalue weighted by Gasteiger charge is 2.45. The number of ether oxygens (including phenoxy) is 2. The van der Waals surface area contributed by atoms with E-state index < -0.39 is 5.54 Å². The standard InChI is InChI=1S/C16H24N2O3/c1-3-9-20-13-6-5-12(11-14(13)21-10-4-2)18-15(19)16(17)7-8-16/h5-6,11H,3-4,7-10,17H2,1-2H3,(H,18,19). The second-order valence-electron chi connectivity index (χ2n) is 5.47. The molecule has 0 aliphatic heterocycles. The van der Waals surface area contributed by atoms with E-state index in [1.54, 1.807) is 6.07 Å². The molecular weight excluding hydrogens is 268 g/mol. The van der Waals surface area contributed by atoms with Gasteiger partial charge in [0.2, 0.25) is 5.91 Å². The Morgan fingerprint density at radius 2 is 1.81 bits per heavy atom. The van der Waals surface area contributed by atoms with Crippen molar-refractivity contribution < 1.29 is 14.3 Å². The van der Waals surface area contributed by atoms with Gasteiger partial charge < -0.3 is 20.5 Å². The molecule has 1 aliphatic rings. The van der Waals surface area contributed by atoms with Gasteiger partial charge in [-0.25, -0.2) is 0 Å². The van der Waals surface area contributed by atoms with Crippen molar-refractivity contribution in [3.8, 4) is 11.5 Å². The van der Waals surface area contributed by atoms with Crippen molar-refractivity contribution in [1.29, 1.82) is 0 Å². The van der Waals surface area contributed by atoms with Gasteiger partial charge in [-0.1, -0.05) is 13.8 Å². The van der Waals surface area contributed by atoms with Gasteiger partial charge in [-0.15, -0.1) is 0 Å². The largest absolute Gasteiger partial charge is 0.490 e. The number of carbonyl (C=O) groups is 1. The van der Waals surface area contributed by atoms with Gasteiger partial charge in [0.1, 0.15) is 0 Å². The summed E-state index contributed by atoms with van der Waals surface area (Å²) < 4.78 is 11.4. The summed E-state index contributed by atoms with van der Waals surface area (Å²) in [5.41, 5.74) is 5.89. The summed E-state index contributed by atoms with van der Waals surface area (Å²) >= 11 is 0. The van der Waals surface area contributed by atoms with Crippen LogP contribution in [-0.4, -0.2) is 24.7 Å². The van der Waals surface area contributed by atoms with Crippen LogP contribution in [0.1, 0.15) is 39.5 Å². The van der Waals surface area contributed by atoms with Crippen LogP contribution in [0.4, 0.5) is 5.69 Å². The monoisotopic (exact) mass is 292 g/mol. The number of benzene rings is 1. The predicted molar refractivity (Wildman–Crippen MR) is 82.8 cm³/mol. The van der Waals surface area contributed by atoms with Crippen molar-refractivity contribution in [1.82, 2.24) is 0 Å². The zero-order valence-electron chi connectivity index (χ0n) is 12.8. The third kappa shape index (κ3) is 4.11. The number of nitrogens with two attached hydrogens (primary N) is 1. The quantitative estimate of drug-likeness (QED) is 0.772. The molecule has 0 aromatic heterocycles. The summed E-state index contributed by atoms with van der Waals surface area (Å²) in [5, 5.41) is 2.85. The maximum absolute atomic E-state index is 12.0. The molecule has 0 unspecified atom stereocenters. The molecule has 5 heteroatoms. The van der Waals surface area contributed by atoms with Crippen molar-refractivity contribution in [2.24, 2.45) is 5.73 Å². The average Bonchev–Trinajstić information content (AvgIpc) is 3.23. The minimum Gasteiger partial charge on any atom is -0.490 e. The zero-order chi connectivity index (χ0) is 15.3. The van der Waals surface area contributed by atoms with Crippen LogP contribution in [0.5, 0.6) is 11.5 Å². The van der Waals surface area contributed by atoms with E-state index in [2.05, 4.69) is 12.2 Å². The number of hydrogen-bond acceptors (Lipinski definition) is 4. The lowest BCUT2D eigenvalue weighted by Gasteiger charge is -2.15. The molecule has 1 aromatic rings. The van der Waals surface area contributed by atoms with Gasteiger partial charge in [-0.2, -0.15) is 0 Å². The molecule has 1 aromatic carbocycles. The van der Waals surface area contributed by atoms with Gasteiger partial charge in [0.15, 0.2) is 11.5 Å². The highest BCUT2D eigenvalue weighted by atomic mass is 16.5. The fraction of sp³-hybridized carbons (Fsp3) is 0.562. The number of carbonyl (C=O) groups excluding carboxylic acids is 1. The maximum atomic E-state index is 12.0. The Hall–Kier alpha value is -1.75. The summed E-state index contributed by atoms with van der Waals surface area (Å²) in [6, 6.07) is 5.43. The summed E-state index contributed by atoms with van der Waals surface area (Å²) in [7, 11) is 0. The number of hydrogen-bond donors (Lipinski definition) is 2. The summed E-state index contributed by atoms with van der Waals surface area (Å²) in [5.74, 6) is 1.23. The molecule has 0 bridgehead atoms. The number of amides is 1. The van der Waals surface area contributed by atoms with Crippen LogP contribution in [0, 0.1) is 0 Å². The second kappa shape index (κ2) is 6.80. The van der Waals surface area contributed by atoms with E-state index in [0.29, 0.717) is 30.4 Å². The summed E-state index contributed by atoms with van der Waals surface area (Å²) in [6.45, 7) is 5.35. The molecule has 0 saturated heterocycles. The van der Waals surface area contributed by atoms with E-state index in [-0.39, 0.29) is 5.91 Å². The molecule has 0 spiro atoms. The molecule has 1 aliphatic carbocycles. The third-order valence-corrected chi connectivity index (χ3v) is 3.37. The smallest absolute Gasteiger partial charge is 0.244 e. The molecule has 21 heavy (non-hydrogen) atoms. The normalized spacial score (nSPS) is 15.4. The van der Waals surface area contributed by atoms with Crippen molar-refractivity contribution in [2.45, 2.75) is 45.1 Å². The lowest BCUT2D eigenvalue weighted by molar-refractivity contribution is -0.118. The Balaban J connectivity index is 2.09. The van der Waals surface area contributed by atoms with Crippen LogP contribution in [0.25, 0.3) is 0 Å². The van der Waals surface area contributed by atoms with Crippen molar-refractivity contribution >= 4 is 11.6 Å². The molecule has 1 fully saturated rings. The topological polar surface area (TPSA) is 73.6 Å². The molecule has 0 heterocycles. The molecule has 5 nitrogen and oxygen atoms in total. The Kier molecular flexibility index (Phi) is 5.07. The first-order valence-electron chi connectivity index (χ1n) is 7.59. The Bertz CT molecular complexity index is 498. The minimum atomic E-state index is -0.679. The lowest BCUT2D eigenvalue weighted by Crippen LogP contribution is -2.37. The van der Waals surface area contributed by atoms with Crippen LogP contribution in [0.15, 0.2) is 18.2 Å². The molecule has 116 valence electrons. The Morgan fingerprint density at radius 1 is 1.19 bits per heavy atom. The summed E-state index contributed by atoms with van der Waals surface area (Å²) in [4.78, 5) is 12.0. The van der Waals surface area contributed by atoms with Crippen LogP contribution in [0.2, 0.25) is 0 Å². The van der Waals surface area contributed by atoms with E-state index in [1.165, 1.54) is 0 Å². The fourth-order valence-corrected chi connectivity index (χ4v) is 1.86. The number of nitrogens with one attached hydrogen (secondary N) is 1. The van der Waals surface area contributed by atoms with Crippen molar-refractivity contribution in [3.63, 3.8) is 0 Å². The van der Waals surface area contributed by atoms with Crippen LogP contribution in [-0.2, 0) is 4.79 Å². The first kappa shape index (κ1) is 15.6. The van der Waals surface area contributed by atoms with Crippen LogP contribution < -0.4 is 20.5 Å². The highest BCUT2D eigenvalue weighted by Crippen LogP contribution is 2.35. The highest BCUT2D eigenvalue weighted by molar-refractivity contribution is 6.00. The maximum Gasteiger partial charge on any atom is 0.244 e. The summed E-state index contributed by atoms with van der Waals surface area (Å²) in [6.07, 6.45) is 3.34. The van der Waals surface area contributed by atoms with Crippen molar-refractivity contribution in [3.05, 3.63) is 18.2 Å².